The van der Waals surface area contributed by atoms with Gasteiger partial charge in [-0.1, -0.05) is 49.4 Å². The lowest BCUT2D eigenvalue weighted by atomic mass is 10.0. The van der Waals surface area contributed by atoms with E-state index in [1.54, 1.807) is 0 Å². The Balaban J connectivity index is 2.78. The highest BCUT2D eigenvalue weighted by molar-refractivity contribution is 5.65. The van der Waals surface area contributed by atoms with E-state index in [0.717, 1.165) is 12.0 Å². The molecule has 0 aromatic heterocycles. The number of benzene rings is 1. The summed E-state index contributed by atoms with van der Waals surface area (Å²) in [7, 11) is 0. The van der Waals surface area contributed by atoms with E-state index in [4.69, 9.17) is 0 Å². The Kier molecular flexibility index (Phi) is 3.97. The molecule has 0 spiro atoms. The minimum atomic E-state index is -0.207. The van der Waals surface area contributed by atoms with Crippen molar-refractivity contribution in [2.75, 3.05) is 0 Å². The monoisotopic (exact) mass is 173 g/mol. The number of allylic oxidation sites excluding steroid dienone is 2. The van der Waals surface area contributed by atoms with Gasteiger partial charge in [-0.25, -0.2) is 0 Å². The molecular weight excluding hydrogens is 160 g/mol. The Labute approximate surface area is 79.1 Å². The van der Waals surface area contributed by atoms with E-state index in [-0.39, 0.29) is 5.92 Å². The van der Waals surface area contributed by atoms with Crippen molar-refractivity contribution in [2.24, 2.45) is 0 Å². The SMILES string of the molecule is CC/C=C/C([C]=O)c1ccccc1. The highest BCUT2D eigenvalue weighted by Crippen LogP contribution is 2.14. The van der Waals surface area contributed by atoms with Crippen molar-refractivity contribution in [3.8, 4) is 0 Å². The Hall–Kier alpha value is -1.37. The summed E-state index contributed by atoms with van der Waals surface area (Å²) in [6.07, 6.45) is 6.85. The van der Waals surface area contributed by atoms with Crippen molar-refractivity contribution in [3.63, 3.8) is 0 Å². The molecule has 0 aliphatic carbocycles. The maximum Gasteiger partial charge on any atom is 0.210 e. The highest BCUT2D eigenvalue weighted by atomic mass is 16.1. The van der Waals surface area contributed by atoms with E-state index in [0.29, 0.717) is 0 Å². The fraction of sp³-hybridized carbons (Fsp3) is 0.250. The summed E-state index contributed by atoms with van der Waals surface area (Å²) in [6, 6.07) is 9.68. The fourth-order valence-corrected chi connectivity index (χ4v) is 1.15. The molecule has 1 atom stereocenters. The largest absolute Gasteiger partial charge is 0.290 e. The third-order valence-corrected chi connectivity index (χ3v) is 1.85. The summed E-state index contributed by atoms with van der Waals surface area (Å²) in [4.78, 5) is 10.6. The van der Waals surface area contributed by atoms with Crippen molar-refractivity contribution in [2.45, 2.75) is 19.3 Å². The Bertz CT molecular complexity index is 274. The normalized spacial score (nSPS) is 13.0. The molecule has 1 rings (SSSR count). The maximum atomic E-state index is 10.6. The predicted octanol–water partition coefficient (Wildman–Crippen LogP) is 2.85. The first-order valence-electron chi connectivity index (χ1n) is 4.47. The molecule has 0 amide bonds. The summed E-state index contributed by atoms with van der Waals surface area (Å²) in [5.41, 5.74) is 1.00. The van der Waals surface area contributed by atoms with Crippen LogP contribution in [0.3, 0.4) is 0 Å². The van der Waals surface area contributed by atoms with Gasteiger partial charge in [0, 0.05) is 0 Å². The Morgan fingerprint density at radius 2 is 2.08 bits per heavy atom. The van der Waals surface area contributed by atoms with E-state index in [9.17, 15) is 4.79 Å². The van der Waals surface area contributed by atoms with Crippen molar-refractivity contribution in [1.82, 2.24) is 0 Å². The van der Waals surface area contributed by atoms with Crippen LogP contribution in [-0.4, -0.2) is 6.29 Å². The molecule has 13 heavy (non-hydrogen) atoms. The lowest BCUT2D eigenvalue weighted by molar-refractivity contribution is 0.550. The molecular formula is C12H13O. The van der Waals surface area contributed by atoms with Crippen molar-refractivity contribution in [3.05, 3.63) is 48.0 Å². The number of carbonyl (C=O) groups excluding carboxylic acids is 1. The molecule has 0 heterocycles. The van der Waals surface area contributed by atoms with Crippen LogP contribution in [0, 0.1) is 0 Å². The van der Waals surface area contributed by atoms with Crippen molar-refractivity contribution >= 4 is 6.29 Å². The van der Waals surface area contributed by atoms with Gasteiger partial charge in [-0.15, -0.1) is 0 Å². The van der Waals surface area contributed by atoms with E-state index in [1.807, 2.05) is 55.7 Å². The van der Waals surface area contributed by atoms with Crippen molar-refractivity contribution in [1.29, 1.82) is 0 Å². The molecule has 0 bridgehead atoms. The summed E-state index contributed by atoms with van der Waals surface area (Å²) < 4.78 is 0. The van der Waals surface area contributed by atoms with E-state index in [1.165, 1.54) is 0 Å². The van der Waals surface area contributed by atoms with Crippen LogP contribution in [0.2, 0.25) is 0 Å². The molecule has 1 radical (unpaired) electrons. The van der Waals surface area contributed by atoms with Gasteiger partial charge in [0.15, 0.2) is 0 Å². The Morgan fingerprint density at radius 1 is 1.38 bits per heavy atom. The van der Waals surface area contributed by atoms with Gasteiger partial charge < -0.3 is 0 Å². The average Bonchev–Trinajstić information content (AvgIpc) is 2.21. The van der Waals surface area contributed by atoms with E-state index >= 15 is 0 Å². The second kappa shape index (κ2) is 5.31. The summed E-state index contributed by atoms with van der Waals surface area (Å²) in [5, 5.41) is 0. The quantitative estimate of drug-likeness (QED) is 0.640. The fourth-order valence-electron chi connectivity index (χ4n) is 1.15. The number of hydrogen-bond acceptors (Lipinski definition) is 1. The third kappa shape index (κ3) is 2.86. The molecule has 0 fully saturated rings. The zero-order valence-electron chi connectivity index (χ0n) is 7.73. The van der Waals surface area contributed by atoms with Gasteiger partial charge in [0.2, 0.25) is 6.29 Å². The molecule has 0 saturated carbocycles. The summed E-state index contributed by atoms with van der Waals surface area (Å²) in [5.74, 6) is -0.207. The standard InChI is InChI=1S/C12H13O/c1-2-3-7-12(10-13)11-8-5-4-6-9-11/h3-9,12H,2H2,1H3/b7-3+. The van der Waals surface area contributed by atoms with Gasteiger partial charge in [-0.2, -0.15) is 0 Å². The molecule has 0 N–H and O–H groups in total. The lowest BCUT2D eigenvalue weighted by Crippen LogP contribution is -1.95. The van der Waals surface area contributed by atoms with E-state index in [2.05, 4.69) is 0 Å². The van der Waals surface area contributed by atoms with Crippen LogP contribution in [0.25, 0.3) is 0 Å². The second-order valence-corrected chi connectivity index (χ2v) is 2.84. The van der Waals surface area contributed by atoms with Crippen LogP contribution in [0.15, 0.2) is 42.5 Å². The molecule has 1 nitrogen and oxygen atoms in total. The van der Waals surface area contributed by atoms with Crippen LogP contribution < -0.4 is 0 Å². The average molecular weight is 173 g/mol. The molecule has 0 saturated heterocycles. The third-order valence-electron chi connectivity index (χ3n) is 1.85. The molecule has 1 heteroatoms. The van der Waals surface area contributed by atoms with E-state index < -0.39 is 0 Å². The smallest absolute Gasteiger partial charge is 0.210 e. The van der Waals surface area contributed by atoms with Crippen LogP contribution in [-0.2, 0) is 4.79 Å². The summed E-state index contributed by atoms with van der Waals surface area (Å²) in [6.45, 7) is 2.04. The van der Waals surface area contributed by atoms with Gasteiger partial charge in [0.1, 0.15) is 0 Å². The topological polar surface area (TPSA) is 17.1 Å². The van der Waals surface area contributed by atoms with Gasteiger partial charge >= 0.3 is 0 Å². The maximum absolute atomic E-state index is 10.6. The molecule has 0 aliphatic rings. The molecule has 1 unspecified atom stereocenters. The molecule has 1 aromatic carbocycles. The second-order valence-electron chi connectivity index (χ2n) is 2.84. The van der Waals surface area contributed by atoms with Crippen LogP contribution >= 0.6 is 0 Å². The number of hydrogen-bond donors (Lipinski definition) is 0. The van der Waals surface area contributed by atoms with Gasteiger partial charge in [-0.05, 0) is 12.0 Å². The minimum Gasteiger partial charge on any atom is -0.290 e. The zero-order chi connectivity index (χ0) is 9.52. The lowest BCUT2D eigenvalue weighted by Gasteiger charge is -2.02. The number of rotatable bonds is 4. The zero-order valence-corrected chi connectivity index (χ0v) is 7.73. The molecule has 1 aromatic rings. The Morgan fingerprint density at radius 3 is 2.62 bits per heavy atom. The first kappa shape index (κ1) is 9.72. The first-order valence-corrected chi connectivity index (χ1v) is 4.47. The summed E-state index contributed by atoms with van der Waals surface area (Å²) >= 11 is 0. The van der Waals surface area contributed by atoms with Gasteiger partial charge in [0.05, 0.1) is 5.92 Å². The minimum absolute atomic E-state index is 0.207. The predicted molar refractivity (Wildman–Crippen MR) is 54.3 cm³/mol. The van der Waals surface area contributed by atoms with Crippen LogP contribution in [0.4, 0.5) is 0 Å². The van der Waals surface area contributed by atoms with Crippen LogP contribution in [0.5, 0.6) is 0 Å². The highest BCUT2D eigenvalue weighted by Gasteiger charge is 2.05. The van der Waals surface area contributed by atoms with Gasteiger partial charge in [0.25, 0.3) is 0 Å². The molecule has 67 valence electrons. The molecule has 0 aliphatic heterocycles. The van der Waals surface area contributed by atoms with Crippen LogP contribution in [0.1, 0.15) is 24.8 Å². The van der Waals surface area contributed by atoms with Crippen molar-refractivity contribution < 1.29 is 4.79 Å². The van der Waals surface area contributed by atoms with Gasteiger partial charge in [-0.3, -0.25) is 4.79 Å². The first-order chi connectivity index (χ1) is 6.38.